The molecule has 0 unspecified atom stereocenters. The van der Waals surface area contributed by atoms with Crippen LogP contribution >= 0.6 is 0 Å². The molecule has 2 heterocycles. The van der Waals surface area contributed by atoms with Crippen LogP contribution in [-0.4, -0.2) is 21.6 Å². The lowest BCUT2D eigenvalue weighted by atomic mass is 10.0. The van der Waals surface area contributed by atoms with Crippen molar-refractivity contribution in [3.8, 4) is 11.8 Å². The first-order valence-electron chi connectivity index (χ1n) is 8.98. The van der Waals surface area contributed by atoms with Crippen LogP contribution in [0.25, 0.3) is 32.8 Å². The summed E-state index contributed by atoms with van der Waals surface area (Å²) in [6.07, 6.45) is 1.83. The molecule has 28 heavy (non-hydrogen) atoms. The minimum absolute atomic E-state index is 0.596. The highest BCUT2D eigenvalue weighted by Crippen LogP contribution is 2.32. The van der Waals surface area contributed by atoms with E-state index in [1.807, 2.05) is 54.9 Å². The highest BCUT2D eigenvalue weighted by atomic mass is 16.5. The number of imidazole rings is 1. The summed E-state index contributed by atoms with van der Waals surface area (Å²) in [7, 11) is 1.62. The fourth-order valence-corrected chi connectivity index (χ4v) is 3.69. The van der Waals surface area contributed by atoms with Crippen molar-refractivity contribution in [2.24, 2.45) is 0 Å². The molecule has 0 radical (unpaired) electrons. The van der Waals surface area contributed by atoms with Gasteiger partial charge in [0.2, 0.25) is 0 Å². The summed E-state index contributed by atoms with van der Waals surface area (Å²) >= 11 is 0. The molecule has 0 N–H and O–H groups in total. The highest BCUT2D eigenvalue weighted by Gasteiger charge is 2.15. The van der Waals surface area contributed by atoms with Crippen LogP contribution in [-0.2, 0) is 6.54 Å². The summed E-state index contributed by atoms with van der Waals surface area (Å²) in [5, 5.41) is 11.5. The smallest absolute Gasteiger partial charge is 0.121 e. The number of ether oxygens (including phenoxy) is 1. The van der Waals surface area contributed by atoms with E-state index >= 15 is 0 Å². The predicted molar refractivity (Wildman–Crippen MR) is 109 cm³/mol. The van der Waals surface area contributed by atoms with Crippen molar-refractivity contribution in [1.82, 2.24) is 14.5 Å². The first-order valence-corrected chi connectivity index (χ1v) is 8.98. The van der Waals surface area contributed by atoms with E-state index in [1.54, 1.807) is 7.11 Å². The van der Waals surface area contributed by atoms with Gasteiger partial charge in [0.15, 0.2) is 0 Å². The van der Waals surface area contributed by atoms with Crippen LogP contribution in [0.4, 0.5) is 0 Å². The lowest BCUT2D eigenvalue weighted by Gasteiger charge is -2.09. The number of pyridine rings is 1. The van der Waals surface area contributed by atoms with E-state index in [1.165, 1.54) is 5.56 Å². The zero-order valence-electron chi connectivity index (χ0n) is 15.3. The quantitative estimate of drug-likeness (QED) is 0.437. The maximum absolute atomic E-state index is 9.92. The standard InChI is InChI=1S/C23H16N4O/c1-28-16-7-8-17-18(12-24)22-19(26-20(17)11-16)9-10-21-23(22)25-14-27(21)13-15-5-3-2-4-6-15/h2-11,14H,13H2,1H3. The molecule has 0 saturated carbocycles. The molecule has 134 valence electrons. The van der Waals surface area contributed by atoms with E-state index in [0.717, 1.165) is 45.1 Å². The highest BCUT2D eigenvalue weighted by molar-refractivity contribution is 6.11. The summed E-state index contributed by atoms with van der Waals surface area (Å²) in [6.45, 7) is 0.725. The van der Waals surface area contributed by atoms with E-state index in [4.69, 9.17) is 9.72 Å². The monoisotopic (exact) mass is 364 g/mol. The first kappa shape index (κ1) is 16.3. The number of hydrogen-bond acceptors (Lipinski definition) is 4. The maximum atomic E-state index is 9.92. The lowest BCUT2D eigenvalue weighted by Crippen LogP contribution is -1.98. The van der Waals surface area contributed by atoms with Crippen LogP contribution in [0, 0.1) is 11.3 Å². The van der Waals surface area contributed by atoms with Gasteiger partial charge in [-0.05, 0) is 29.8 Å². The summed E-state index contributed by atoms with van der Waals surface area (Å²) in [4.78, 5) is 9.40. The fourth-order valence-electron chi connectivity index (χ4n) is 3.69. The summed E-state index contributed by atoms with van der Waals surface area (Å²) < 4.78 is 7.40. The van der Waals surface area contributed by atoms with Crippen LogP contribution < -0.4 is 4.74 Å². The van der Waals surface area contributed by atoms with Crippen LogP contribution in [0.3, 0.4) is 0 Å². The lowest BCUT2D eigenvalue weighted by molar-refractivity contribution is 0.415. The molecule has 0 fully saturated rings. The number of hydrogen-bond donors (Lipinski definition) is 0. The molecule has 0 amide bonds. The number of fused-ring (bicyclic) bond motifs is 4. The van der Waals surface area contributed by atoms with Gasteiger partial charge >= 0.3 is 0 Å². The van der Waals surface area contributed by atoms with Gasteiger partial charge in [-0.2, -0.15) is 5.26 Å². The molecule has 0 aliphatic heterocycles. The summed E-state index contributed by atoms with van der Waals surface area (Å²) in [5.74, 6) is 0.719. The van der Waals surface area contributed by atoms with E-state index in [2.05, 4.69) is 27.8 Å². The van der Waals surface area contributed by atoms with Crippen LogP contribution in [0.15, 0.2) is 67.0 Å². The van der Waals surface area contributed by atoms with Gasteiger partial charge in [-0.15, -0.1) is 0 Å². The second-order valence-electron chi connectivity index (χ2n) is 6.67. The number of nitriles is 1. The largest absolute Gasteiger partial charge is 0.497 e. The molecule has 0 spiro atoms. The zero-order chi connectivity index (χ0) is 19.1. The van der Waals surface area contributed by atoms with Gasteiger partial charge in [0.1, 0.15) is 11.8 Å². The molecule has 0 bridgehead atoms. The number of nitrogens with zero attached hydrogens (tertiary/aromatic N) is 4. The molecule has 3 aromatic carbocycles. The molecule has 0 saturated heterocycles. The Morgan fingerprint density at radius 2 is 1.89 bits per heavy atom. The average Bonchev–Trinajstić information content (AvgIpc) is 3.15. The van der Waals surface area contributed by atoms with Gasteiger partial charge in [0.05, 0.1) is 41.1 Å². The van der Waals surface area contributed by atoms with Gasteiger partial charge in [-0.25, -0.2) is 9.97 Å². The van der Waals surface area contributed by atoms with E-state index in [-0.39, 0.29) is 0 Å². The molecular formula is C23H16N4O. The molecular weight excluding hydrogens is 348 g/mol. The molecule has 5 aromatic rings. The number of aromatic nitrogens is 3. The van der Waals surface area contributed by atoms with E-state index < -0.39 is 0 Å². The average molecular weight is 364 g/mol. The van der Waals surface area contributed by atoms with Crippen LogP contribution in [0.1, 0.15) is 11.1 Å². The fraction of sp³-hybridized carbons (Fsp3) is 0.0870. The van der Waals surface area contributed by atoms with Crippen molar-refractivity contribution >= 4 is 32.8 Å². The van der Waals surface area contributed by atoms with Gasteiger partial charge in [0, 0.05) is 23.4 Å². The Bertz CT molecular complexity index is 1380. The van der Waals surface area contributed by atoms with Crippen molar-refractivity contribution in [3.05, 3.63) is 78.1 Å². The third kappa shape index (κ3) is 2.47. The predicted octanol–water partition coefficient (Wildman–Crippen LogP) is 4.67. The SMILES string of the molecule is COc1ccc2c(C#N)c3c(ccc4c3ncn4Cc3ccccc3)nc2c1. The van der Waals surface area contributed by atoms with E-state index in [9.17, 15) is 5.26 Å². The maximum Gasteiger partial charge on any atom is 0.121 e. The van der Waals surface area contributed by atoms with Crippen LogP contribution in [0.5, 0.6) is 5.75 Å². The number of methoxy groups -OCH3 is 1. The van der Waals surface area contributed by atoms with Crippen molar-refractivity contribution in [1.29, 1.82) is 5.26 Å². The topological polar surface area (TPSA) is 63.7 Å². The second-order valence-corrected chi connectivity index (χ2v) is 6.67. The molecule has 5 nitrogen and oxygen atoms in total. The molecule has 5 heteroatoms. The second kappa shape index (κ2) is 6.36. The third-order valence-corrected chi connectivity index (χ3v) is 5.04. The zero-order valence-corrected chi connectivity index (χ0v) is 15.3. The Morgan fingerprint density at radius 1 is 1.04 bits per heavy atom. The Kier molecular flexibility index (Phi) is 3.70. The van der Waals surface area contributed by atoms with Gasteiger partial charge in [-0.3, -0.25) is 0 Å². The third-order valence-electron chi connectivity index (χ3n) is 5.04. The molecule has 0 aliphatic rings. The van der Waals surface area contributed by atoms with Crippen molar-refractivity contribution in [2.45, 2.75) is 6.54 Å². The number of rotatable bonds is 3. The Hall–Kier alpha value is -3.91. The summed E-state index contributed by atoms with van der Waals surface area (Å²) in [5.41, 5.74) is 5.09. The van der Waals surface area contributed by atoms with Crippen molar-refractivity contribution in [3.63, 3.8) is 0 Å². The van der Waals surface area contributed by atoms with Gasteiger partial charge < -0.3 is 9.30 Å². The number of benzene rings is 3. The summed E-state index contributed by atoms with van der Waals surface area (Å²) in [6, 6.07) is 22.2. The van der Waals surface area contributed by atoms with Crippen molar-refractivity contribution < 1.29 is 4.74 Å². The first-order chi connectivity index (χ1) is 13.8. The molecule has 5 rings (SSSR count). The minimum atomic E-state index is 0.596. The molecule has 0 atom stereocenters. The molecule has 2 aromatic heterocycles. The Labute approximate surface area is 161 Å². The normalized spacial score (nSPS) is 11.1. The van der Waals surface area contributed by atoms with Gasteiger partial charge in [-0.1, -0.05) is 30.3 Å². The minimum Gasteiger partial charge on any atom is -0.497 e. The van der Waals surface area contributed by atoms with Crippen molar-refractivity contribution in [2.75, 3.05) is 7.11 Å². The Morgan fingerprint density at radius 3 is 2.68 bits per heavy atom. The van der Waals surface area contributed by atoms with E-state index in [0.29, 0.717) is 5.56 Å². The van der Waals surface area contributed by atoms with Gasteiger partial charge in [0.25, 0.3) is 0 Å². The Balaban J connectivity index is 1.78. The molecule has 0 aliphatic carbocycles. The van der Waals surface area contributed by atoms with Crippen LogP contribution in [0.2, 0.25) is 0 Å².